The lowest BCUT2D eigenvalue weighted by Crippen LogP contribution is -2.49. The summed E-state index contributed by atoms with van der Waals surface area (Å²) < 4.78 is 5.12. The fraction of sp³-hybridized carbons (Fsp3) is 0.357. The van der Waals surface area contributed by atoms with Crippen molar-refractivity contribution in [3.05, 3.63) is 30.3 Å². The van der Waals surface area contributed by atoms with Gasteiger partial charge in [-0.15, -0.1) is 0 Å². The zero-order valence-corrected chi connectivity index (χ0v) is 11.1. The summed E-state index contributed by atoms with van der Waals surface area (Å²) in [5, 5.41) is 18.1. The van der Waals surface area contributed by atoms with Crippen molar-refractivity contribution in [2.24, 2.45) is 11.8 Å². The smallest absolute Gasteiger partial charge is 0.415 e. The van der Waals surface area contributed by atoms with E-state index >= 15 is 0 Å². The highest BCUT2D eigenvalue weighted by molar-refractivity contribution is 5.81. The summed E-state index contributed by atoms with van der Waals surface area (Å²) in [6, 6.07) is 8.40. The second kappa shape index (κ2) is 6.25. The number of piperidine rings is 1. The molecule has 1 saturated heterocycles. The third-order valence-electron chi connectivity index (χ3n) is 3.45. The van der Waals surface area contributed by atoms with Crippen LogP contribution in [0.15, 0.2) is 30.3 Å². The first-order valence-electron chi connectivity index (χ1n) is 6.46. The zero-order valence-electron chi connectivity index (χ0n) is 11.1. The number of hydrogen-bond acceptors (Lipinski definition) is 4. The van der Waals surface area contributed by atoms with E-state index in [4.69, 9.17) is 14.9 Å². The molecule has 0 aliphatic carbocycles. The van der Waals surface area contributed by atoms with E-state index in [1.54, 1.807) is 30.3 Å². The van der Waals surface area contributed by atoms with Crippen LogP contribution in [0.1, 0.15) is 6.42 Å². The number of carbonyl (C=O) groups excluding carboxylic acids is 1. The largest absolute Gasteiger partial charge is 0.481 e. The molecule has 7 heteroatoms. The van der Waals surface area contributed by atoms with E-state index in [2.05, 4.69) is 0 Å². The van der Waals surface area contributed by atoms with Gasteiger partial charge in [0.1, 0.15) is 5.75 Å². The van der Waals surface area contributed by atoms with Crippen LogP contribution in [0.2, 0.25) is 0 Å². The Kier molecular flexibility index (Phi) is 4.42. The molecule has 1 aromatic rings. The molecule has 0 spiro atoms. The fourth-order valence-corrected chi connectivity index (χ4v) is 2.32. The first-order chi connectivity index (χ1) is 9.99. The maximum atomic E-state index is 12.0. The van der Waals surface area contributed by atoms with Crippen LogP contribution in [0.3, 0.4) is 0 Å². The molecular formula is C14H15NO6. The Bertz CT molecular complexity index is 544. The predicted molar refractivity (Wildman–Crippen MR) is 70.9 cm³/mol. The summed E-state index contributed by atoms with van der Waals surface area (Å²) >= 11 is 0. The van der Waals surface area contributed by atoms with Gasteiger partial charge in [0, 0.05) is 13.1 Å². The minimum atomic E-state index is -1.22. The second-order valence-corrected chi connectivity index (χ2v) is 4.81. The molecule has 2 unspecified atom stereocenters. The van der Waals surface area contributed by atoms with Gasteiger partial charge in [0.15, 0.2) is 0 Å². The van der Waals surface area contributed by atoms with Gasteiger partial charge in [0.2, 0.25) is 0 Å². The molecule has 1 fully saturated rings. The number of para-hydroxylation sites is 1. The summed E-state index contributed by atoms with van der Waals surface area (Å²) in [5.74, 6) is -4.13. The van der Waals surface area contributed by atoms with Crippen molar-refractivity contribution in [3.63, 3.8) is 0 Å². The molecule has 2 atom stereocenters. The molecule has 0 saturated carbocycles. The van der Waals surface area contributed by atoms with Gasteiger partial charge < -0.3 is 19.8 Å². The Balaban J connectivity index is 2.03. The third-order valence-corrected chi connectivity index (χ3v) is 3.45. The zero-order chi connectivity index (χ0) is 15.4. The molecule has 1 aliphatic heterocycles. The molecule has 2 N–H and O–H groups in total. The molecule has 1 amide bonds. The molecular weight excluding hydrogens is 278 g/mol. The number of rotatable bonds is 3. The maximum Gasteiger partial charge on any atom is 0.415 e. The molecule has 1 aliphatic rings. The van der Waals surface area contributed by atoms with E-state index in [9.17, 15) is 14.4 Å². The summed E-state index contributed by atoms with van der Waals surface area (Å²) in [6.45, 7) is -0.00954. The maximum absolute atomic E-state index is 12.0. The summed E-state index contributed by atoms with van der Waals surface area (Å²) in [5.41, 5.74) is 0. The minimum absolute atomic E-state index is 0.0934. The average molecular weight is 293 g/mol. The number of likely N-dealkylation sites (tertiary alicyclic amines) is 1. The van der Waals surface area contributed by atoms with E-state index in [0.717, 1.165) is 0 Å². The Labute approximate surface area is 120 Å². The van der Waals surface area contributed by atoms with E-state index in [1.165, 1.54) is 4.90 Å². The molecule has 1 heterocycles. The third kappa shape index (κ3) is 3.50. The summed E-state index contributed by atoms with van der Waals surface area (Å²) in [6.07, 6.45) is -0.577. The Morgan fingerprint density at radius 2 is 1.67 bits per heavy atom. The molecule has 21 heavy (non-hydrogen) atoms. The number of carbonyl (C=O) groups is 3. The van der Waals surface area contributed by atoms with Crippen LogP contribution in [0.4, 0.5) is 4.79 Å². The first kappa shape index (κ1) is 14.8. The molecule has 112 valence electrons. The number of nitrogens with zero attached hydrogens (tertiary/aromatic N) is 1. The van der Waals surface area contributed by atoms with Crippen molar-refractivity contribution >= 4 is 18.0 Å². The van der Waals surface area contributed by atoms with E-state index in [-0.39, 0.29) is 19.5 Å². The van der Waals surface area contributed by atoms with Crippen LogP contribution >= 0.6 is 0 Å². The summed E-state index contributed by atoms with van der Waals surface area (Å²) in [7, 11) is 0. The number of carboxylic acid groups (broad SMARTS) is 2. The van der Waals surface area contributed by atoms with Gasteiger partial charge in [-0.2, -0.15) is 0 Å². The number of aliphatic carboxylic acids is 2. The van der Waals surface area contributed by atoms with Crippen molar-refractivity contribution in [2.45, 2.75) is 6.42 Å². The van der Waals surface area contributed by atoms with Crippen molar-refractivity contribution in [2.75, 3.05) is 13.1 Å². The number of carboxylic acids is 2. The van der Waals surface area contributed by atoms with E-state index < -0.39 is 29.9 Å². The van der Waals surface area contributed by atoms with Crippen LogP contribution in [0, 0.1) is 11.8 Å². The standard InChI is InChI=1S/C14H15NO6/c16-12(17)10-6-7-15(8-11(10)13(18)19)14(20)21-9-4-2-1-3-5-9/h1-5,10-11H,6-8H2,(H,16,17)(H,18,19). The Hall–Kier alpha value is -2.57. The monoisotopic (exact) mass is 293 g/mol. The van der Waals surface area contributed by atoms with Crippen LogP contribution in [-0.4, -0.2) is 46.2 Å². The van der Waals surface area contributed by atoms with Crippen molar-refractivity contribution in [3.8, 4) is 5.75 Å². The molecule has 0 bridgehead atoms. The Morgan fingerprint density at radius 3 is 2.24 bits per heavy atom. The molecule has 1 aromatic carbocycles. The highest BCUT2D eigenvalue weighted by atomic mass is 16.6. The highest BCUT2D eigenvalue weighted by Gasteiger charge is 2.40. The van der Waals surface area contributed by atoms with E-state index in [1.807, 2.05) is 0 Å². The van der Waals surface area contributed by atoms with Gasteiger partial charge in [-0.3, -0.25) is 9.59 Å². The lowest BCUT2D eigenvalue weighted by atomic mass is 9.86. The molecule has 7 nitrogen and oxygen atoms in total. The Morgan fingerprint density at radius 1 is 1.05 bits per heavy atom. The SMILES string of the molecule is O=C(O)C1CCN(C(=O)Oc2ccccc2)CC1C(=O)O. The van der Waals surface area contributed by atoms with Gasteiger partial charge in [-0.1, -0.05) is 18.2 Å². The minimum Gasteiger partial charge on any atom is -0.481 e. The first-order valence-corrected chi connectivity index (χ1v) is 6.46. The van der Waals surface area contributed by atoms with Crippen LogP contribution in [0.5, 0.6) is 5.75 Å². The van der Waals surface area contributed by atoms with Crippen molar-refractivity contribution in [1.29, 1.82) is 0 Å². The van der Waals surface area contributed by atoms with Crippen LogP contribution in [-0.2, 0) is 9.59 Å². The van der Waals surface area contributed by atoms with E-state index in [0.29, 0.717) is 5.75 Å². The lowest BCUT2D eigenvalue weighted by Gasteiger charge is -2.33. The number of amides is 1. The van der Waals surface area contributed by atoms with Crippen LogP contribution < -0.4 is 4.74 Å². The fourth-order valence-electron chi connectivity index (χ4n) is 2.32. The number of ether oxygens (including phenoxy) is 1. The van der Waals surface area contributed by atoms with Crippen LogP contribution in [0.25, 0.3) is 0 Å². The molecule has 2 rings (SSSR count). The molecule has 0 aromatic heterocycles. The normalized spacial score (nSPS) is 21.6. The van der Waals surface area contributed by atoms with Gasteiger partial charge in [0.25, 0.3) is 0 Å². The van der Waals surface area contributed by atoms with Crippen molar-refractivity contribution in [1.82, 2.24) is 4.90 Å². The highest BCUT2D eigenvalue weighted by Crippen LogP contribution is 2.25. The second-order valence-electron chi connectivity index (χ2n) is 4.81. The van der Waals surface area contributed by atoms with Gasteiger partial charge >= 0.3 is 18.0 Å². The number of hydrogen-bond donors (Lipinski definition) is 2. The predicted octanol–water partition coefficient (Wildman–Crippen LogP) is 1.29. The van der Waals surface area contributed by atoms with Gasteiger partial charge in [0.05, 0.1) is 11.8 Å². The van der Waals surface area contributed by atoms with Gasteiger partial charge in [-0.05, 0) is 18.6 Å². The quantitative estimate of drug-likeness (QED) is 0.870. The summed E-state index contributed by atoms with van der Waals surface area (Å²) in [4.78, 5) is 35.4. The topological polar surface area (TPSA) is 104 Å². The number of benzene rings is 1. The van der Waals surface area contributed by atoms with Gasteiger partial charge in [-0.25, -0.2) is 4.79 Å². The molecule has 0 radical (unpaired) electrons. The average Bonchev–Trinajstić information content (AvgIpc) is 2.47. The van der Waals surface area contributed by atoms with Crippen molar-refractivity contribution < 1.29 is 29.3 Å². The lowest BCUT2D eigenvalue weighted by molar-refractivity contribution is -0.156.